The summed E-state index contributed by atoms with van der Waals surface area (Å²) in [6, 6.07) is 16.9. The Hall–Kier alpha value is -1.36. The molecule has 0 aliphatic carbocycles. The first kappa shape index (κ1) is 61.7. The molecular weight excluding hydrogens is 934 g/mol. The van der Waals surface area contributed by atoms with Gasteiger partial charge in [0.1, 0.15) is 5.78 Å². The summed E-state index contributed by atoms with van der Waals surface area (Å²) in [4.78, 5) is 38.7. The van der Waals surface area contributed by atoms with Gasteiger partial charge in [-0.05, 0) is 141 Å². The third-order valence-corrected chi connectivity index (χ3v) is 15.0. The molecule has 0 saturated carbocycles. The number of unbranched alkanes of at least 4 members (excludes halogenated alkanes) is 2. The second kappa shape index (κ2) is 32.3. The van der Waals surface area contributed by atoms with Gasteiger partial charge in [0.15, 0.2) is 0 Å². The van der Waals surface area contributed by atoms with Crippen LogP contribution >= 0.6 is 0 Å². The number of benzene rings is 2. The van der Waals surface area contributed by atoms with E-state index in [-0.39, 0.29) is 87.1 Å². The fraction of sp³-hybridized carbons (Fsp3) is 0.688. The molecule has 2 aromatic carbocycles. The number of hydrogen-bond donors (Lipinski definition) is 0. The number of carbonyl (C=O) groups excluding carboxylic acids is 3. The molecule has 2 amide bonds. The van der Waals surface area contributed by atoms with Crippen molar-refractivity contribution in [1.82, 2.24) is 9.80 Å². The van der Waals surface area contributed by atoms with E-state index < -0.39 is 21.6 Å². The van der Waals surface area contributed by atoms with Crippen molar-refractivity contribution in [2.24, 2.45) is 11.8 Å². The third-order valence-electron chi connectivity index (χ3n) is 10.7. The minimum atomic E-state index is -0.797. The van der Waals surface area contributed by atoms with E-state index in [4.69, 9.17) is 4.74 Å². The molecule has 13 heteroatoms. The van der Waals surface area contributed by atoms with Crippen molar-refractivity contribution in [3.8, 4) is 0 Å². The van der Waals surface area contributed by atoms with Crippen LogP contribution in [0.2, 0.25) is 0 Å². The van der Waals surface area contributed by atoms with Gasteiger partial charge in [-0.15, -0.1) is 0 Å². The zero-order valence-corrected chi connectivity index (χ0v) is 45.5. The van der Waals surface area contributed by atoms with Gasteiger partial charge in [0.25, 0.3) is 0 Å². The van der Waals surface area contributed by atoms with Crippen molar-refractivity contribution >= 4 is 88.3 Å². The molecule has 2 atom stereocenters. The molecule has 2 fully saturated rings. The zero-order valence-electron chi connectivity index (χ0n) is 39.5. The fourth-order valence-corrected chi connectivity index (χ4v) is 9.28. The Balaban J connectivity index is 0. The summed E-state index contributed by atoms with van der Waals surface area (Å²) < 4.78 is 29.1. The average molecular weight is 1010 g/mol. The molecule has 0 radical (unpaired) electrons. The van der Waals surface area contributed by atoms with Crippen LogP contribution in [0.15, 0.2) is 48.5 Å². The van der Waals surface area contributed by atoms with Gasteiger partial charge in [0.2, 0.25) is 5.91 Å². The Bertz CT molecular complexity index is 1560. The van der Waals surface area contributed by atoms with Crippen LogP contribution in [0.3, 0.4) is 0 Å². The molecule has 61 heavy (non-hydrogen) atoms. The van der Waals surface area contributed by atoms with Crippen LogP contribution in [0, 0.1) is 11.8 Å². The third kappa shape index (κ3) is 25.7. The maximum Gasteiger partial charge on any atom is 2.00 e. The summed E-state index contributed by atoms with van der Waals surface area (Å²) in [5.74, 6) is 2.92. The van der Waals surface area contributed by atoms with Crippen LogP contribution in [0.1, 0.15) is 143 Å². The number of piperidine rings is 2. The number of nitrogens with zero attached hydrogens (tertiary/aromatic N) is 2. The maximum absolute atomic E-state index is 12.6. The van der Waals surface area contributed by atoms with Crippen molar-refractivity contribution in [2.75, 3.05) is 44.3 Å². The smallest absolute Gasteiger partial charge is 0.870 e. The summed E-state index contributed by atoms with van der Waals surface area (Å²) in [5.41, 5.74) is 4.96. The van der Waals surface area contributed by atoms with Gasteiger partial charge in [-0.25, -0.2) is 4.79 Å². The number of carbonyl (C=O) groups is 3. The van der Waals surface area contributed by atoms with Gasteiger partial charge in [-0.2, -0.15) is 0 Å². The molecule has 2 aliphatic heterocycles. The van der Waals surface area contributed by atoms with E-state index >= 15 is 0 Å². The Labute approximate surface area is 415 Å². The van der Waals surface area contributed by atoms with E-state index in [1.807, 2.05) is 53.4 Å². The topological polar surface area (TPSA) is 161 Å². The van der Waals surface area contributed by atoms with Crippen molar-refractivity contribution < 1.29 is 38.5 Å². The van der Waals surface area contributed by atoms with Gasteiger partial charge >= 0.3 is 55.0 Å². The molecule has 2 unspecified atom stereocenters. The molecule has 2 heterocycles. The number of likely N-dealkylation sites (tertiary alicyclic amines) is 2. The number of aryl methyl sites for hydroxylation is 2. The largest absolute Gasteiger partial charge is 2.00 e. The number of hydrogen-bond acceptors (Lipinski definition) is 8. The van der Waals surface area contributed by atoms with Gasteiger partial charge in [-0.3, -0.25) is 18.0 Å². The summed E-state index contributed by atoms with van der Waals surface area (Å²) >= 11 is 0. The molecule has 2 saturated heterocycles. The molecule has 0 bridgehead atoms. The van der Waals surface area contributed by atoms with E-state index in [0.29, 0.717) is 31.3 Å². The first-order chi connectivity index (χ1) is 27.4. The summed E-state index contributed by atoms with van der Waals surface area (Å²) in [5, 5.41) is 0. The minimum absolute atomic E-state index is 0. The predicted molar refractivity (Wildman–Crippen MR) is 254 cm³/mol. The number of amides is 2. The van der Waals surface area contributed by atoms with Gasteiger partial charge in [-0.1, -0.05) is 75.2 Å². The van der Waals surface area contributed by atoms with E-state index in [1.165, 1.54) is 36.8 Å². The van der Waals surface area contributed by atoms with Crippen LogP contribution in [0.25, 0.3) is 0 Å². The SMILES string of the molecule is CCCCc1ccc(CC(=O)N2CCC(CS(=O)C(C)(C)C)CC2)cc1.CCCCc1ccc(CC(C)=O)cc1.CCOC(=O)N1CCC(CS(=O)C(C)(C)C)CC1.[Ba+2].[OH-].[OH-]. The van der Waals surface area contributed by atoms with Gasteiger partial charge in [0.05, 0.1) is 13.0 Å². The molecule has 2 aromatic rings. The first-order valence-electron chi connectivity index (χ1n) is 22.0. The van der Waals surface area contributed by atoms with Crippen molar-refractivity contribution in [3.05, 3.63) is 70.8 Å². The molecule has 2 aliphatic rings. The van der Waals surface area contributed by atoms with Crippen LogP contribution < -0.4 is 0 Å². The average Bonchev–Trinajstić information content (AvgIpc) is 3.17. The summed E-state index contributed by atoms with van der Waals surface area (Å²) in [6.45, 7) is 23.5. The fourth-order valence-electron chi connectivity index (χ4n) is 6.76. The van der Waals surface area contributed by atoms with Crippen LogP contribution in [0.4, 0.5) is 4.79 Å². The maximum atomic E-state index is 12.6. The first-order valence-corrected chi connectivity index (χ1v) is 24.6. The minimum Gasteiger partial charge on any atom is -0.870 e. The van der Waals surface area contributed by atoms with Crippen molar-refractivity contribution in [1.29, 1.82) is 0 Å². The van der Waals surface area contributed by atoms with E-state index in [9.17, 15) is 22.8 Å². The normalized spacial score (nSPS) is 15.5. The van der Waals surface area contributed by atoms with Crippen molar-refractivity contribution in [2.45, 2.75) is 156 Å². The van der Waals surface area contributed by atoms with E-state index in [1.54, 1.807) is 11.8 Å². The monoisotopic (exact) mass is 1010 g/mol. The molecule has 2 N–H and O–H groups in total. The quantitative estimate of drug-likeness (QED) is 0.160. The molecule has 4 rings (SSSR count). The number of rotatable bonds is 15. The van der Waals surface area contributed by atoms with Gasteiger partial charge in [0, 0.05) is 75.2 Å². The Morgan fingerprint density at radius 1 is 0.607 bits per heavy atom. The second-order valence-electron chi connectivity index (χ2n) is 18.1. The van der Waals surface area contributed by atoms with Crippen LogP contribution in [0.5, 0.6) is 0 Å². The Kier molecular flexibility index (Phi) is 32.7. The molecular formula is C48H80BaN2O8S2. The standard InChI is InChI=1S/C22H35NO2S.C13H25NO3S.C13H18O.Ba.2H2O/c1-5-6-7-18-8-10-19(11-9-18)16-21(24)23-14-12-20(13-15-23)17-26(25)22(2,3)4;1-5-17-12(15)14-8-6-11(7-9-14)10-18(16)13(2,3)4;1-3-4-5-12-6-8-13(9-7-12)10-11(2)14;;;/h8-11,20H,5-7,12-17H2,1-4H3;11H,5-10H2,1-4H3;6-9H,3-5,10H2,1-2H3;;2*1H2/q;;;+2;;/p-2. The van der Waals surface area contributed by atoms with Crippen LogP contribution in [-0.4, -0.2) is 150 Å². The zero-order chi connectivity index (χ0) is 43.3. The number of ether oxygens (including phenoxy) is 1. The van der Waals surface area contributed by atoms with Crippen molar-refractivity contribution in [3.63, 3.8) is 0 Å². The summed E-state index contributed by atoms with van der Waals surface area (Å²) in [7, 11) is -1.59. The Morgan fingerprint density at radius 2 is 0.951 bits per heavy atom. The Morgan fingerprint density at radius 3 is 1.28 bits per heavy atom. The van der Waals surface area contributed by atoms with E-state index in [2.05, 4.69) is 62.4 Å². The summed E-state index contributed by atoms with van der Waals surface area (Å²) in [6.07, 6.45) is 11.8. The van der Waals surface area contributed by atoms with Gasteiger partial charge < -0.3 is 25.5 Å². The molecule has 0 spiro atoms. The second-order valence-corrected chi connectivity index (χ2v) is 22.6. The molecule has 0 aromatic heterocycles. The van der Waals surface area contributed by atoms with Crippen LogP contribution in [-0.2, 0) is 61.6 Å². The number of Topliss-reactive ketones (excluding diaryl/α,β-unsaturated/α-hetero) is 1. The van der Waals surface area contributed by atoms with E-state index in [0.717, 1.165) is 87.3 Å². The predicted octanol–water partition coefficient (Wildman–Crippen LogP) is 9.19. The molecule has 10 nitrogen and oxygen atoms in total. The molecule has 344 valence electrons. The number of ketones is 1.